The van der Waals surface area contributed by atoms with Gasteiger partial charge in [0.2, 0.25) is 11.7 Å². The van der Waals surface area contributed by atoms with Gasteiger partial charge >= 0.3 is 0 Å². The van der Waals surface area contributed by atoms with Crippen LogP contribution in [0.15, 0.2) is 29.9 Å². The number of rotatable bonds is 5. The lowest BCUT2D eigenvalue weighted by atomic mass is 10.4. The monoisotopic (exact) mass is 303 g/mol. The summed E-state index contributed by atoms with van der Waals surface area (Å²) in [4.78, 5) is 22.9. The van der Waals surface area contributed by atoms with Crippen LogP contribution in [0, 0.1) is 0 Å². The molecule has 3 heterocycles. The number of nitrogens with one attached hydrogen (secondary N) is 1. The molecule has 0 aliphatic heterocycles. The van der Waals surface area contributed by atoms with Crippen LogP contribution in [0.2, 0.25) is 0 Å². The van der Waals surface area contributed by atoms with Gasteiger partial charge in [-0.15, -0.1) is 21.5 Å². The Kier molecular flexibility index (Phi) is 3.73. The summed E-state index contributed by atoms with van der Waals surface area (Å²) in [6.45, 7) is 0.466. The van der Waals surface area contributed by atoms with Gasteiger partial charge in [-0.3, -0.25) is 4.79 Å². The zero-order valence-corrected chi connectivity index (χ0v) is 12.1. The lowest BCUT2D eigenvalue weighted by Crippen LogP contribution is -2.30. The number of hydrogen-bond acceptors (Lipinski definition) is 6. The fourth-order valence-corrected chi connectivity index (χ4v) is 2.40. The highest BCUT2D eigenvalue weighted by molar-refractivity contribution is 7.13. The number of carbonyl (C=O) groups is 1. The van der Waals surface area contributed by atoms with Gasteiger partial charge in [0, 0.05) is 19.4 Å². The zero-order chi connectivity index (χ0) is 14.7. The van der Waals surface area contributed by atoms with E-state index in [9.17, 15) is 4.79 Å². The average molecular weight is 303 g/mol. The minimum absolute atomic E-state index is 0.0512. The number of nitrogens with zero attached hydrogens (tertiary/aromatic N) is 6. The first-order chi connectivity index (χ1) is 10.2. The molecule has 0 atom stereocenters. The standard InChI is InChI=1S/C12H13N7OS/c1-18(7-10-13-4-5-14-10)11(20)8-19-16-12(15-17-19)9-3-2-6-21-9/h2-6H,7-8H2,1H3,(H,13,14). The van der Waals surface area contributed by atoms with E-state index in [1.165, 1.54) is 16.1 Å². The van der Waals surface area contributed by atoms with Gasteiger partial charge in [0.05, 0.1) is 11.4 Å². The first kappa shape index (κ1) is 13.4. The Morgan fingerprint density at radius 3 is 3.14 bits per heavy atom. The number of imidazole rings is 1. The molecule has 3 aromatic rings. The Morgan fingerprint density at radius 2 is 2.43 bits per heavy atom. The predicted molar refractivity (Wildman–Crippen MR) is 76.2 cm³/mol. The Bertz CT molecular complexity index is 704. The molecule has 0 saturated carbocycles. The van der Waals surface area contributed by atoms with Gasteiger partial charge in [-0.25, -0.2) is 4.98 Å². The van der Waals surface area contributed by atoms with Crippen molar-refractivity contribution in [3.63, 3.8) is 0 Å². The second-order valence-electron chi connectivity index (χ2n) is 4.41. The topological polar surface area (TPSA) is 92.6 Å². The molecule has 0 bridgehead atoms. The largest absolute Gasteiger partial charge is 0.347 e. The number of aromatic nitrogens is 6. The highest BCUT2D eigenvalue weighted by Gasteiger charge is 2.14. The average Bonchev–Trinajstić information content (AvgIpc) is 3.20. The summed E-state index contributed by atoms with van der Waals surface area (Å²) in [5.74, 6) is 1.16. The van der Waals surface area contributed by atoms with Crippen molar-refractivity contribution < 1.29 is 4.79 Å². The van der Waals surface area contributed by atoms with Crippen molar-refractivity contribution in [1.82, 2.24) is 35.1 Å². The van der Waals surface area contributed by atoms with E-state index in [2.05, 4.69) is 25.4 Å². The number of amides is 1. The molecule has 1 N–H and O–H groups in total. The van der Waals surface area contributed by atoms with Crippen molar-refractivity contribution in [3.05, 3.63) is 35.7 Å². The van der Waals surface area contributed by atoms with Crippen LogP contribution in [0.5, 0.6) is 0 Å². The lowest BCUT2D eigenvalue weighted by Gasteiger charge is -2.14. The summed E-state index contributed by atoms with van der Waals surface area (Å²) in [5.41, 5.74) is 0. The Balaban J connectivity index is 1.62. The molecule has 0 unspecified atom stereocenters. The van der Waals surface area contributed by atoms with E-state index < -0.39 is 0 Å². The van der Waals surface area contributed by atoms with Gasteiger partial charge in [-0.2, -0.15) is 4.80 Å². The van der Waals surface area contributed by atoms with Crippen LogP contribution in [0.3, 0.4) is 0 Å². The van der Waals surface area contributed by atoms with Crippen LogP contribution >= 0.6 is 11.3 Å². The van der Waals surface area contributed by atoms with Gasteiger partial charge < -0.3 is 9.88 Å². The molecule has 9 heteroatoms. The fourth-order valence-electron chi connectivity index (χ4n) is 1.75. The van der Waals surface area contributed by atoms with Crippen LogP contribution in [-0.4, -0.2) is 48.0 Å². The zero-order valence-electron chi connectivity index (χ0n) is 11.3. The van der Waals surface area contributed by atoms with Crippen molar-refractivity contribution >= 4 is 17.2 Å². The second-order valence-corrected chi connectivity index (χ2v) is 5.35. The molecular weight excluding hydrogens is 290 g/mol. The van der Waals surface area contributed by atoms with Crippen LogP contribution in [0.1, 0.15) is 5.82 Å². The predicted octanol–water partition coefficient (Wildman–Crippen LogP) is 0.783. The van der Waals surface area contributed by atoms with Crippen molar-refractivity contribution in [2.75, 3.05) is 7.05 Å². The third kappa shape index (κ3) is 3.14. The van der Waals surface area contributed by atoms with Crippen molar-refractivity contribution in [2.24, 2.45) is 0 Å². The summed E-state index contributed by atoms with van der Waals surface area (Å²) in [6, 6.07) is 3.83. The summed E-state index contributed by atoms with van der Waals surface area (Å²) >= 11 is 1.53. The summed E-state index contributed by atoms with van der Waals surface area (Å²) in [6.07, 6.45) is 3.37. The number of thiophene rings is 1. The van der Waals surface area contributed by atoms with Crippen LogP contribution in [0.4, 0.5) is 0 Å². The molecule has 0 fully saturated rings. The van der Waals surface area contributed by atoms with Gasteiger partial charge in [0.25, 0.3) is 0 Å². The molecule has 0 saturated heterocycles. The summed E-state index contributed by atoms with van der Waals surface area (Å²) in [7, 11) is 1.71. The smallest absolute Gasteiger partial charge is 0.246 e. The third-order valence-corrected chi connectivity index (χ3v) is 3.70. The van der Waals surface area contributed by atoms with Gasteiger partial charge in [-0.05, 0) is 16.7 Å². The molecule has 0 aliphatic rings. The molecule has 0 spiro atoms. The van der Waals surface area contributed by atoms with Gasteiger partial charge in [0.15, 0.2) is 0 Å². The number of carbonyl (C=O) groups excluding carboxylic acids is 1. The molecule has 1 amide bonds. The highest BCUT2D eigenvalue weighted by Crippen LogP contribution is 2.19. The quantitative estimate of drug-likeness (QED) is 0.752. The number of aromatic amines is 1. The van der Waals surface area contributed by atoms with Crippen LogP contribution < -0.4 is 0 Å². The molecule has 0 radical (unpaired) electrons. The first-order valence-corrected chi connectivity index (χ1v) is 7.14. The number of hydrogen-bond donors (Lipinski definition) is 1. The fraction of sp³-hybridized carbons (Fsp3) is 0.250. The van der Waals surface area contributed by atoms with E-state index >= 15 is 0 Å². The first-order valence-electron chi connectivity index (χ1n) is 6.26. The van der Waals surface area contributed by atoms with E-state index in [1.807, 2.05) is 17.5 Å². The van der Waals surface area contributed by atoms with E-state index in [-0.39, 0.29) is 12.5 Å². The molecule has 8 nitrogen and oxygen atoms in total. The van der Waals surface area contributed by atoms with E-state index in [0.717, 1.165) is 10.7 Å². The van der Waals surface area contributed by atoms with Crippen molar-refractivity contribution in [3.8, 4) is 10.7 Å². The lowest BCUT2D eigenvalue weighted by molar-refractivity contribution is -0.131. The molecule has 0 aliphatic carbocycles. The number of H-pyrrole nitrogens is 1. The van der Waals surface area contributed by atoms with E-state index in [4.69, 9.17) is 0 Å². The van der Waals surface area contributed by atoms with Crippen LogP contribution in [-0.2, 0) is 17.9 Å². The Hall–Kier alpha value is -2.55. The van der Waals surface area contributed by atoms with Gasteiger partial charge in [-0.1, -0.05) is 6.07 Å². The number of likely N-dealkylation sites (N-methyl/N-ethyl adjacent to an activating group) is 1. The van der Waals surface area contributed by atoms with E-state index in [0.29, 0.717) is 12.4 Å². The van der Waals surface area contributed by atoms with Crippen molar-refractivity contribution in [2.45, 2.75) is 13.1 Å². The minimum atomic E-state index is -0.110. The normalized spacial score (nSPS) is 10.7. The second kappa shape index (κ2) is 5.83. The Labute approximate surface area is 124 Å². The Morgan fingerprint density at radius 1 is 1.52 bits per heavy atom. The van der Waals surface area contributed by atoms with E-state index in [1.54, 1.807) is 24.3 Å². The molecule has 108 valence electrons. The summed E-state index contributed by atoms with van der Waals surface area (Å²) in [5, 5.41) is 14.0. The maximum absolute atomic E-state index is 12.1. The van der Waals surface area contributed by atoms with Gasteiger partial charge in [0.1, 0.15) is 12.4 Å². The maximum atomic E-state index is 12.1. The number of tetrazole rings is 1. The highest BCUT2D eigenvalue weighted by atomic mass is 32.1. The SMILES string of the molecule is CN(Cc1ncc[nH]1)C(=O)Cn1nnc(-c2cccs2)n1. The molecular formula is C12H13N7OS. The molecule has 0 aromatic carbocycles. The molecule has 3 aromatic heterocycles. The maximum Gasteiger partial charge on any atom is 0.246 e. The summed E-state index contributed by atoms with van der Waals surface area (Å²) < 4.78 is 0. The van der Waals surface area contributed by atoms with Crippen LogP contribution in [0.25, 0.3) is 10.7 Å². The minimum Gasteiger partial charge on any atom is -0.347 e. The third-order valence-electron chi connectivity index (χ3n) is 2.84. The molecule has 21 heavy (non-hydrogen) atoms. The molecule has 3 rings (SSSR count). The van der Waals surface area contributed by atoms with Crippen molar-refractivity contribution in [1.29, 1.82) is 0 Å².